The van der Waals surface area contributed by atoms with Crippen LogP contribution >= 0.6 is 0 Å². The molecule has 6 heteroatoms. The van der Waals surface area contributed by atoms with Crippen molar-refractivity contribution >= 4 is 11.8 Å². The molecule has 2 fully saturated rings. The molecule has 0 bridgehead atoms. The second-order valence-electron chi connectivity index (χ2n) is 6.84. The van der Waals surface area contributed by atoms with E-state index in [1.807, 2.05) is 0 Å². The zero-order valence-corrected chi connectivity index (χ0v) is 14.9. The smallest absolute Gasteiger partial charge is 0.254 e. The molecule has 0 saturated carbocycles. The van der Waals surface area contributed by atoms with Crippen molar-refractivity contribution in [3.8, 4) is 0 Å². The van der Waals surface area contributed by atoms with Gasteiger partial charge in [-0.15, -0.1) is 0 Å². The fourth-order valence-electron chi connectivity index (χ4n) is 3.53. The molecule has 2 aliphatic heterocycles. The maximum absolute atomic E-state index is 13.1. The Morgan fingerprint density at radius 1 is 0.852 bits per heavy atom. The lowest BCUT2D eigenvalue weighted by molar-refractivity contribution is 0.0302. The number of ether oxygens (including phenoxy) is 1. The van der Waals surface area contributed by atoms with Crippen molar-refractivity contribution in [1.29, 1.82) is 0 Å². The van der Waals surface area contributed by atoms with Gasteiger partial charge < -0.3 is 14.5 Å². The minimum atomic E-state index is -0.281. The molecule has 2 aromatic carbocycles. The lowest BCUT2D eigenvalue weighted by Gasteiger charge is -2.41. The standard InChI is InChI=1S/C21H21FN2O3/c22-18-7-5-15(6-8-18)19-9-10-24(19)21(26)17-3-1-16(2-4-17)20(25)23-11-13-27-14-12-23/h1-8,19H,9-14H2. The first-order valence-electron chi connectivity index (χ1n) is 9.17. The van der Waals surface area contributed by atoms with Crippen molar-refractivity contribution < 1.29 is 18.7 Å². The molecular formula is C21H21FN2O3. The van der Waals surface area contributed by atoms with Gasteiger partial charge in [-0.2, -0.15) is 0 Å². The Labute approximate surface area is 157 Å². The number of hydrogen-bond acceptors (Lipinski definition) is 3. The number of rotatable bonds is 3. The Hall–Kier alpha value is -2.73. The number of halogens is 1. The Morgan fingerprint density at radius 2 is 1.44 bits per heavy atom. The number of amides is 2. The Bertz CT molecular complexity index is 830. The zero-order chi connectivity index (χ0) is 18.8. The Kier molecular flexibility index (Phi) is 4.90. The number of likely N-dealkylation sites (tertiary alicyclic amines) is 1. The van der Waals surface area contributed by atoms with Gasteiger partial charge in [0.15, 0.2) is 0 Å². The molecule has 1 unspecified atom stereocenters. The first kappa shape index (κ1) is 17.7. The van der Waals surface area contributed by atoms with Gasteiger partial charge in [0.2, 0.25) is 0 Å². The molecule has 2 heterocycles. The summed E-state index contributed by atoms with van der Waals surface area (Å²) in [5.41, 5.74) is 2.07. The van der Waals surface area contributed by atoms with Crippen molar-refractivity contribution in [3.63, 3.8) is 0 Å². The van der Waals surface area contributed by atoms with E-state index in [2.05, 4.69) is 0 Å². The van der Waals surface area contributed by atoms with E-state index in [-0.39, 0.29) is 23.7 Å². The summed E-state index contributed by atoms with van der Waals surface area (Å²) < 4.78 is 18.4. The van der Waals surface area contributed by atoms with E-state index in [1.54, 1.807) is 46.2 Å². The summed E-state index contributed by atoms with van der Waals surface area (Å²) in [7, 11) is 0. The largest absolute Gasteiger partial charge is 0.378 e. The van der Waals surface area contributed by atoms with E-state index >= 15 is 0 Å². The van der Waals surface area contributed by atoms with Crippen LogP contribution in [0.2, 0.25) is 0 Å². The number of morpholine rings is 1. The van der Waals surface area contributed by atoms with E-state index in [4.69, 9.17) is 4.74 Å². The van der Waals surface area contributed by atoms with Gasteiger partial charge in [0, 0.05) is 30.8 Å². The third-order valence-corrected chi connectivity index (χ3v) is 5.21. The van der Waals surface area contributed by atoms with Gasteiger partial charge in [0.05, 0.1) is 19.3 Å². The molecule has 0 aliphatic carbocycles. The van der Waals surface area contributed by atoms with Gasteiger partial charge >= 0.3 is 0 Å². The van der Waals surface area contributed by atoms with Crippen molar-refractivity contribution in [2.24, 2.45) is 0 Å². The normalized spacial score (nSPS) is 19.5. The molecule has 2 aromatic rings. The van der Waals surface area contributed by atoms with Crippen molar-refractivity contribution in [2.45, 2.75) is 12.5 Å². The third-order valence-electron chi connectivity index (χ3n) is 5.21. The summed E-state index contributed by atoms with van der Waals surface area (Å²) in [5, 5.41) is 0. The predicted molar refractivity (Wildman–Crippen MR) is 98.0 cm³/mol. The average Bonchev–Trinajstić information content (AvgIpc) is 2.69. The monoisotopic (exact) mass is 368 g/mol. The van der Waals surface area contributed by atoms with Crippen LogP contribution in [0.5, 0.6) is 0 Å². The van der Waals surface area contributed by atoms with Crippen LogP contribution in [-0.4, -0.2) is 54.5 Å². The van der Waals surface area contributed by atoms with Gasteiger partial charge in [-0.05, 0) is 48.4 Å². The minimum Gasteiger partial charge on any atom is -0.378 e. The molecule has 1 atom stereocenters. The highest BCUT2D eigenvalue weighted by atomic mass is 19.1. The Balaban J connectivity index is 1.44. The molecule has 2 saturated heterocycles. The van der Waals surface area contributed by atoms with Crippen molar-refractivity contribution in [3.05, 3.63) is 71.0 Å². The van der Waals surface area contributed by atoms with Crippen LogP contribution in [0.1, 0.15) is 38.7 Å². The molecule has 27 heavy (non-hydrogen) atoms. The molecule has 2 aliphatic rings. The summed E-state index contributed by atoms with van der Waals surface area (Å²) in [6.07, 6.45) is 0.866. The fraction of sp³-hybridized carbons (Fsp3) is 0.333. The highest BCUT2D eigenvalue weighted by Crippen LogP contribution is 2.34. The van der Waals surface area contributed by atoms with E-state index < -0.39 is 0 Å². The number of carbonyl (C=O) groups excluding carboxylic acids is 2. The lowest BCUT2D eigenvalue weighted by Crippen LogP contribution is -2.45. The molecule has 5 nitrogen and oxygen atoms in total. The number of nitrogens with zero attached hydrogens (tertiary/aromatic N) is 2. The molecule has 0 aromatic heterocycles. The number of carbonyl (C=O) groups is 2. The Morgan fingerprint density at radius 3 is 2.00 bits per heavy atom. The van der Waals surface area contributed by atoms with Gasteiger partial charge in [0.25, 0.3) is 11.8 Å². The fourth-order valence-corrected chi connectivity index (χ4v) is 3.53. The maximum Gasteiger partial charge on any atom is 0.254 e. The van der Waals surface area contributed by atoms with Crippen LogP contribution in [-0.2, 0) is 4.74 Å². The van der Waals surface area contributed by atoms with Crippen LogP contribution in [0, 0.1) is 5.82 Å². The van der Waals surface area contributed by atoms with Crippen molar-refractivity contribution in [2.75, 3.05) is 32.8 Å². The zero-order valence-electron chi connectivity index (χ0n) is 14.9. The summed E-state index contributed by atoms with van der Waals surface area (Å²) in [6, 6.07) is 13.1. The SMILES string of the molecule is O=C(c1ccc(C(=O)N2CCC2c2ccc(F)cc2)cc1)N1CCOCC1. The number of hydrogen-bond donors (Lipinski definition) is 0. The molecular weight excluding hydrogens is 347 g/mol. The summed E-state index contributed by atoms with van der Waals surface area (Å²) in [6.45, 7) is 2.97. The summed E-state index contributed by atoms with van der Waals surface area (Å²) in [5.74, 6) is -0.386. The molecule has 140 valence electrons. The van der Waals surface area contributed by atoms with Crippen molar-refractivity contribution in [1.82, 2.24) is 9.80 Å². The molecule has 0 spiro atoms. The van der Waals surface area contributed by atoms with Gasteiger partial charge in [-0.1, -0.05) is 12.1 Å². The van der Waals surface area contributed by atoms with E-state index in [0.717, 1.165) is 12.0 Å². The first-order valence-corrected chi connectivity index (χ1v) is 9.17. The predicted octanol–water partition coefficient (Wildman–Crippen LogP) is 2.89. The van der Waals surface area contributed by atoms with E-state index in [1.165, 1.54) is 12.1 Å². The first-order chi connectivity index (χ1) is 13.1. The van der Waals surface area contributed by atoms with Gasteiger partial charge in [-0.25, -0.2) is 4.39 Å². The third kappa shape index (κ3) is 3.57. The summed E-state index contributed by atoms with van der Waals surface area (Å²) >= 11 is 0. The highest BCUT2D eigenvalue weighted by molar-refractivity contribution is 5.98. The molecule has 2 amide bonds. The quantitative estimate of drug-likeness (QED) is 0.837. The van der Waals surface area contributed by atoms with Crippen LogP contribution in [0.4, 0.5) is 4.39 Å². The average molecular weight is 368 g/mol. The highest BCUT2D eigenvalue weighted by Gasteiger charge is 2.33. The van der Waals surface area contributed by atoms with Crippen LogP contribution in [0.15, 0.2) is 48.5 Å². The second kappa shape index (κ2) is 7.48. The number of benzene rings is 2. The maximum atomic E-state index is 13.1. The molecule has 0 radical (unpaired) electrons. The lowest BCUT2D eigenvalue weighted by atomic mass is 9.93. The second-order valence-corrected chi connectivity index (χ2v) is 6.84. The molecule has 4 rings (SSSR count). The molecule has 0 N–H and O–H groups in total. The van der Waals surface area contributed by atoms with Gasteiger partial charge in [-0.3, -0.25) is 9.59 Å². The van der Waals surface area contributed by atoms with E-state index in [9.17, 15) is 14.0 Å². The summed E-state index contributed by atoms with van der Waals surface area (Å²) in [4.78, 5) is 28.8. The van der Waals surface area contributed by atoms with Crippen LogP contribution < -0.4 is 0 Å². The van der Waals surface area contributed by atoms with Crippen LogP contribution in [0.3, 0.4) is 0 Å². The van der Waals surface area contributed by atoms with Crippen LogP contribution in [0.25, 0.3) is 0 Å². The van der Waals surface area contributed by atoms with Gasteiger partial charge in [0.1, 0.15) is 5.82 Å². The minimum absolute atomic E-state index is 0.0206. The van der Waals surface area contributed by atoms with E-state index in [0.29, 0.717) is 44.0 Å². The topological polar surface area (TPSA) is 49.9 Å².